The van der Waals surface area contributed by atoms with Crippen molar-refractivity contribution in [2.45, 2.75) is 56.2 Å². The van der Waals surface area contributed by atoms with Gasteiger partial charge >= 0.3 is 0 Å². The number of tetrazole rings is 1. The van der Waals surface area contributed by atoms with Gasteiger partial charge in [0.05, 0.1) is 5.75 Å². The fourth-order valence-corrected chi connectivity index (χ4v) is 4.03. The highest BCUT2D eigenvalue weighted by molar-refractivity contribution is 8.00. The number of aryl methyl sites for hydroxylation is 1. The Hall–Kier alpha value is -2.00. The van der Waals surface area contributed by atoms with E-state index in [0.29, 0.717) is 11.7 Å². The molecule has 26 heavy (non-hydrogen) atoms. The van der Waals surface area contributed by atoms with Crippen molar-refractivity contribution < 1.29 is 0 Å². The minimum absolute atomic E-state index is 0.530. The summed E-state index contributed by atoms with van der Waals surface area (Å²) in [5.41, 5.74) is 2.34. The summed E-state index contributed by atoms with van der Waals surface area (Å²) in [7, 11) is 0. The smallest absolute Gasteiger partial charge is 0.210 e. The molecule has 0 aliphatic rings. The Morgan fingerprint density at radius 2 is 1.96 bits per heavy atom. The summed E-state index contributed by atoms with van der Waals surface area (Å²) in [5, 5.41) is 24.5. The molecule has 9 heteroatoms. The molecule has 0 atom stereocenters. The molecule has 3 aromatic rings. The van der Waals surface area contributed by atoms with Gasteiger partial charge in [0.2, 0.25) is 5.13 Å². The van der Waals surface area contributed by atoms with Crippen LogP contribution in [0.25, 0.3) is 0 Å². The van der Waals surface area contributed by atoms with E-state index in [1.165, 1.54) is 16.9 Å². The van der Waals surface area contributed by atoms with Crippen LogP contribution in [-0.4, -0.2) is 30.4 Å². The third-order valence-electron chi connectivity index (χ3n) is 3.89. The topological polar surface area (TPSA) is 81.4 Å². The van der Waals surface area contributed by atoms with Crippen LogP contribution in [0.1, 0.15) is 50.9 Å². The Morgan fingerprint density at radius 1 is 1.15 bits per heavy atom. The van der Waals surface area contributed by atoms with Gasteiger partial charge in [0.1, 0.15) is 0 Å². The zero-order valence-corrected chi connectivity index (χ0v) is 16.8. The van der Waals surface area contributed by atoms with Gasteiger partial charge < -0.3 is 5.32 Å². The van der Waals surface area contributed by atoms with Gasteiger partial charge in [0.25, 0.3) is 0 Å². The van der Waals surface area contributed by atoms with Crippen molar-refractivity contribution in [1.82, 2.24) is 30.4 Å². The highest BCUT2D eigenvalue weighted by Gasteiger charge is 2.10. The number of thioether (sulfide) groups is 1. The molecule has 0 radical (unpaired) electrons. The minimum atomic E-state index is 0.530. The number of benzene rings is 1. The van der Waals surface area contributed by atoms with Crippen LogP contribution in [0, 0.1) is 0 Å². The van der Waals surface area contributed by atoms with E-state index >= 15 is 0 Å². The predicted octanol–water partition coefficient (Wildman–Crippen LogP) is 4.48. The van der Waals surface area contributed by atoms with Gasteiger partial charge in [-0.3, -0.25) is 0 Å². The maximum atomic E-state index is 4.24. The number of nitrogens with zero attached hydrogens (tertiary/aromatic N) is 6. The molecular formula is C17H23N7S2. The summed E-state index contributed by atoms with van der Waals surface area (Å²) < 4.78 is 2.77. The molecule has 0 saturated heterocycles. The van der Waals surface area contributed by atoms with Crippen LogP contribution < -0.4 is 5.32 Å². The molecule has 1 aromatic carbocycles. The second kappa shape index (κ2) is 9.09. The highest BCUT2D eigenvalue weighted by atomic mass is 32.2. The van der Waals surface area contributed by atoms with Crippen molar-refractivity contribution >= 4 is 33.9 Å². The Labute approximate surface area is 161 Å². The molecule has 0 aliphatic heterocycles. The molecule has 3 rings (SSSR count). The molecule has 0 spiro atoms. The van der Waals surface area contributed by atoms with Crippen LogP contribution in [0.2, 0.25) is 0 Å². The lowest BCUT2D eigenvalue weighted by atomic mass is 10.0. The van der Waals surface area contributed by atoms with Gasteiger partial charge in [0, 0.05) is 12.2 Å². The van der Waals surface area contributed by atoms with Crippen molar-refractivity contribution in [2.24, 2.45) is 0 Å². The van der Waals surface area contributed by atoms with E-state index in [1.54, 1.807) is 11.8 Å². The van der Waals surface area contributed by atoms with E-state index in [0.717, 1.165) is 40.4 Å². The van der Waals surface area contributed by atoms with Crippen molar-refractivity contribution in [3.8, 4) is 0 Å². The normalized spacial score (nSPS) is 11.2. The van der Waals surface area contributed by atoms with E-state index in [9.17, 15) is 0 Å². The molecule has 0 aliphatic carbocycles. The summed E-state index contributed by atoms with van der Waals surface area (Å²) in [6.45, 7) is 7.39. The Morgan fingerprint density at radius 3 is 2.69 bits per heavy atom. The fourth-order valence-electron chi connectivity index (χ4n) is 2.33. The molecule has 7 nitrogen and oxygen atoms in total. The maximum absolute atomic E-state index is 4.24. The van der Waals surface area contributed by atoms with E-state index < -0.39 is 0 Å². The van der Waals surface area contributed by atoms with E-state index in [2.05, 4.69) is 76.1 Å². The number of anilines is 2. The summed E-state index contributed by atoms with van der Waals surface area (Å²) in [6, 6.07) is 8.43. The minimum Gasteiger partial charge on any atom is -0.330 e. The van der Waals surface area contributed by atoms with Gasteiger partial charge in [-0.05, 0) is 40.5 Å². The Bertz CT molecular complexity index is 811. The molecule has 1 N–H and O–H groups in total. The number of nitrogens with one attached hydrogen (secondary N) is 1. The largest absolute Gasteiger partial charge is 0.330 e. The number of rotatable bonds is 9. The summed E-state index contributed by atoms with van der Waals surface area (Å²) in [4.78, 5) is 0. The average Bonchev–Trinajstić information content (AvgIpc) is 3.27. The zero-order valence-electron chi connectivity index (χ0n) is 15.2. The van der Waals surface area contributed by atoms with E-state index in [1.807, 2.05) is 4.68 Å². The summed E-state index contributed by atoms with van der Waals surface area (Å²) in [5.74, 6) is 2.09. The standard InChI is InChI=1S/C17H23N7S2/c1-4-5-10-24-15(19-22-23-24)11-25-17-21-20-16(26-17)18-14-8-6-13(7-9-14)12(2)3/h6-9,12H,4-5,10-11H2,1-3H3,(H,18,20). The second-order valence-corrected chi connectivity index (χ2v) is 8.44. The molecule has 0 fully saturated rings. The van der Waals surface area contributed by atoms with Gasteiger partial charge in [-0.1, -0.05) is 62.4 Å². The lowest BCUT2D eigenvalue weighted by Gasteiger charge is -2.06. The van der Waals surface area contributed by atoms with Crippen molar-refractivity contribution in [3.05, 3.63) is 35.7 Å². The zero-order chi connectivity index (χ0) is 18.4. The number of hydrogen-bond acceptors (Lipinski definition) is 8. The lowest BCUT2D eigenvalue weighted by Crippen LogP contribution is -2.04. The first-order chi connectivity index (χ1) is 12.7. The van der Waals surface area contributed by atoms with Gasteiger partial charge in [0.15, 0.2) is 10.2 Å². The average molecular weight is 390 g/mol. The first-order valence-corrected chi connectivity index (χ1v) is 10.5. The molecule has 0 amide bonds. The van der Waals surface area contributed by atoms with E-state index in [4.69, 9.17) is 0 Å². The molecule has 2 aromatic heterocycles. The van der Waals surface area contributed by atoms with Crippen LogP contribution >= 0.6 is 23.1 Å². The SMILES string of the molecule is CCCCn1nnnc1CSc1nnc(Nc2ccc(C(C)C)cc2)s1. The van der Waals surface area contributed by atoms with Crippen LogP contribution in [0.5, 0.6) is 0 Å². The fraction of sp³-hybridized carbons (Fsp3) is 0.471. The summed E-state index contributed by atoms with van der Waals surface area (Å²) in [6.07, 6.45) is 2.20. The first-order valence-electron chi connectivity index (χ1n) is 8.74. The lowest BCUT2D eigenvalue weighted by molar-refractivity contribution is 0.540. The van der Waals surface area contributed by atoms with Crippen molar-refractivity contribution in [1.29, 1.82) is 0 Å². The maximum Gasteiger partial charge on any atom is 0.210 e. The van der Waals surface area contributed by atoms with Crippen LogP contribution in [0.4, 0.5) is 10.8 Å². The van der Waals surface area contributed by atoms with Crippen LogP contribution in [0.15, 0.2) is 28.6 Å². The number of unbranched alkanes of at least 4 members (excludes halogenated alkanes) is 1. The van der Waals surface area contributed by atoms with Gasteiger partial charge in [-0.2, -0.15) is 0 Å². The highest BCUT2D eigenvalue weighted by Crippen LogP contribution is 2.29. The molecule has 0 unspecified atom stereocenters. The second-order valence-electron chi connectivity index (χ2n) is 6.24. The van der Waals surface area contributed by atoms with Crippen molar-refractivity contribution in [2.75, 3.05) is 5.32 Å². The third-order valence-corrected chi connectivity index (χ3v) is 5.86. The van der Waals surface area contributed by atoms with E-state index in [-0.39, 0.29) is 0 Å². The monoisotopic (exact) mass is 389 g/mol. The molecule has 138 valence electrons. The predicted molar refractivity (Wildman–Crippen MR) is 106 cm³/mol. The van der Waals surface area contributed by atoms with Gasteiger partial charge in [-0.25, -0.2) is 4.68 Å². The Balaban J connectivity index is 1.55. The van der Waals surface area contributed by atoms with Crippen molar-refractivity contribution in [3.63, 3.8) is 0 Å². The number of hydrogen-bond donors (Lipinski definition) is 1. The first kappa shape index (κ1) is 18.8. The van der Waals surface area contributed by atoms with Gasteiger partial charge in [-0.15, -0.1) is 15.3 Å². The molecule has 0 bridgehead atoms. The van der Waals surface area contributed by atoms with Crippen LogP contribution in [0.3, 0.4) is 0 Å². The third kappa shape index (κ3) is 5.01. The van der Waals surface area contributed by atoms with Crippen LogP contribution in [-0.2, 0) is 12.3 Å². The Kier molecular flexibility index (Phi) is 6.56. The quantitative estimate of drug-likeness (QED) is 0.540. The molecule has 2 heterocycles. The summed E-state index contributed by atoms with van der Waals surface area (Å²) >= 11 is 3.14. The molecular weight excluding hydrogens is 366 g/mol. The number of aromatic nitrogens is 6. The molecule has 0 saturated carbocycles.